The number of carbonyl (C=O) groups is 1. The molecule has 0 saturated carbocycles. The fraction of sp³-hybridized carbons (Fsp3) is 0.471. The molecule has 0 unspecified atom stereocenters. The molecule has 1 aromatic carbocycles. The Kier molecular flexibility index (Phi) is 3.38. The average molecular weight is 271 g/mol. The predicted molar refractivity (Wildman–Crippen MR) is 78.2 cm³/mol. The number of hydrogen-bond acceptors (Lipinski definition) is 2. The molecule has 3 rings (SSSR count). The molecule has 0 bridgehead atoms. The van der Waals surface area contributed by atoms with Crippen molar-refractivity contribution in [2.75, 3.05) is 7.05 Å². The number of nitrogens with zero attached hydrogens (tertiary/aromatic N) is 1. The number of likely N-dealkylation sites (N-methyl/N-ethyl adjacent to an activating group) is 1. The maximum atomic E-state index is 12.7. The molecule has 1 fully saturated rings. The van der Waals surface area contributed by atoms with E-state index in [2.05, 4.69) is 31.2 Å². The van der Waals surface area contributed by atoms with E-state index >= 15 is 0 Å². The van der Waals surface area contributed by atoms with Crippen molar-refractivity contribution >= 4 is 5.91 Å². The van der Waals surface area contributed by atoms with Crippen molar-refractivity contribution in [2.45, 2.75) is 43.9 Å². The molecule has 2 aliphatic rings. The number of carbonyl (C=O) groups excluding carboxylic acids is 1. The fourth-order valence-electron chi connectivity index (χ4n) is 3.20. The van der Waals surface area contributed by atoms with Gasteiger partial charge in [-0.3, -0.25) is 4.79 Å². The van der Waals surface area contributed by atoms with Crippen LogP contribution >= 0.6 is 0 Å². The molecule has 1 aliphatic heterocycles. The molecule has 1 saturated heterocycles. The van der Waals surface area contributed by atoms with Gasteiger partial charge in [-0.05, 0) is 25.3 Å². The highest BCUT2D eigenvalue weighted by atomic mass is 16.5. The molecule has 3 atom stereocenters. The van der Waals surface area contributed by atoms with Crippen molar-refractivity contribution < 1.29 is 9.53 Å². The monoisotopic (exact) mass is 271 g/mol. The first kappa shape index (κ1) is 13.4. The molecule has 0 aromatic heterocycles. The zero-order chi connectivity index (χ0) is 14.2. The molecular weight excluding hydrogens is 250 g/mol. The van der Waals surface area contributed by atoms with E-state index in [-0.39, 0.29) is 18.1 Å². The molecule has 20 heavy (non-hydrogen) atoms. The van der Waals surface area contributed by atoms with Crippen LogP contribution in [0.1, 0.15) is 37.9 Å². The maximum absolute atomic E-state index is 12.7. The Morgan fingerprint density at radius 3 is 2.65 bits per heavy atom. The number of benzene rings is 1. The van der Waals surface area contributed by atoms with E-state index in [1.54, 1.807) is 0 Å². The molecule has 1 amide bonds. The second kappa shape index (κ2) is 5.06. The van der Waals surface area contributed by atoms with Crippen LogP contribution in [-0.2, 0) is 9.53 Å². The van der Waals surface area contributed by atoms with Gasteiger partial charge in [0.05, 0.1) is 6.04 Å². The zero-order valence-electron chi connectivity index (χ0n) is 12.1. The topological polar surface area (TPSA) is 29.5 Å². The summed E-state index contributed by atoms with van der Waals surface area (Å²) in [6.45, 7) is 2.06. The molecule has 0 radical (unpaired) electrons. The highest BCUT2D eigenvalue weighted by Crippen LogP contribution is 2.41. The average Bonchev–Trinajstić information content (AvgIpc) is 2.51. The van der Waals surface area contributed by atoms with Crippen LogP contribution in [0.2, 0.25) is 0 Å². The lowest BCUT2D eigenvalue weighted by atomic mass is 9.84. The van der Waals surface area contributed by atoms with E-state index in [4.69, 9.17) is 4.74 Å². The van der Waals surface area contributed by atoms with Crippen molar-refractivity contribution in [3.05, 3.63) is 48.0 Å². The quantitative estimate of drug-likeness (QED) is 0.735. The molecule has 1 aliphatic carbocycles. The Labute approximate surface area is 120 Å². The zero-order valence-corrected chi connectivity index (χ0v) is 12.1. The Morgan fingerprint density at radius 2 is 2.00 bits per heavy atom. The predicted octanol–water partition coefficient (Wildman–Crippen LogP) is 3.08. The van der Waals surface area contributed by atoms with Gasteiger partial charge in [-0.1, -0.05) is 42.5 Å². The third-order valence-corrected chi connectivity index (χ3v) is 4.57. The Morgan fingerprint density at radius 1 is 1.25 bits per heavy atom. The first-order valence-electron chi connectivity index (χ1n) is 7.29. The largest absolute Gasteiger partial charge is 0.355 e. The van der Waals surface area contributed by atoms with E-state index < -0.39 is 5.60 Å². The molecule has 1 aromatic rings. The summed E-state index contributed by atoms with van der Waals surface area (Å²) >= 11 is 0. The van der Waals surface area contributed by atoms with Gasteiger partial charge in [-0.2, -0.15) is 0 Å². The van der Waals surface area contributed by atoms with Gasteiger partial charge < -0.3 is 9.64 Å². The summed E-state index contributed by atoms with van der Waals surface area (Å²) < 4.78 is 6.35. The molecule has 106 valence electrons. The molecule has 3 heteroatoms. The smallest absolute Gasteiger partial charge is 0.255 e. The van der Waals surface area contributed by atoms with Crippen LogP contribution in [0.4, 0.5) is 0 Å². The van der Waals surface area contributed by atoms with Gasteiger partial charge in [0.15, 0.2) is 5.60 Å². The minimum absolute atomic E-state index is 0.0506. The number of hydrogen-bond donors (Lipinski definition) is 0. The SMILES string of the molecule is C[C@@H]1[C@H](c2ccccc2)O[C@@]2(CC=CCC2)C(=O)N1C. The van der Waals surface area contributed by atoms with Crippen molar-refractivity contribution in [1.29, 1.82) is 0 Å². The second-order valence-corrected chi connectivity index (χ2v) is 5.81. The maximum Gasteiger partial charge on any atom is 0.255 e. The van der Waals surface area contributed by atoms with E-state index in [1.807, 2.05) is 30.1 Å². The van der Waals surface area contributed by atoms with E-state index in [1.165, 1.54) is 0 Å². The van der Waals surface area contributed by atoms with Gasteiger partial charge in [0.1, 0.15) is 6.10 Å². The van der Waals surface area contributed by atoms with Crippen LogP contribution in [0.3, 0.4) is 0 Å². The van der Waals surface area contributed by atoms with Crippen LogP contribution in [0, 0.1) is 0 Å². The van der Waals surface area contributed by atoms with Crippen LogP contribution in [0.5, 0.6) is 0 Å². The standard InChI is InChI=1S/C17H21NO2/c1-13-15(14-9-5-3-6-10-14)20-17(16(19)18(13)2)11-7-4-8-12-17/h3-7,9-10,13,15H,8,11-12H2,1-2H3/t13-,15-,17-/m1/s1. The Balaban J connectivity index is 1.96. The van der Waals surface area contributed by atoms with E-state index in [0.717, 1.165) is 18.4 Å². The number of amides is 1. The summed E-state index contributed by atoms with van der Waals surface area (Å²) in [5.74, 6) is 0.126. The minimum Gasteiger partial charge on any atom is -0.355 e. The fourth-order valence-corrected chi connectivity index (χ4v) is 3.20. The van der Waals surface area contributed by atoms with Gasteiger partial charge in [0.25, 0.3) is 5.91 Å². The first-order valence-corrected chi connectivity index (χ1v) is 7.29. The van der Waals surface area contributed by atoms with Gasteiger partial charge in [-0.15, -0.1) is 0 Å². The van der Waals surface area contributed by atoms with Gasteiger partial charge >= 0.3 is 0 Å². The molecule has 1 heterocycles. The highest BCUT2D eigenvalue weighted by molar-refractivity contribution is 5.86. The molecular formula is C17H21NO2. The number of morpholine rings is 1. The van der Waals surface area contributed by atoms with Crippen LogP contribution in [0.15, 0.2) is 42.5 Å². The van der Waals surface area contributed by atoms with Crippen LogP contribution in [0.25, 0.3) is 0 Å². The highest BCUT2D eigenvalue weighted by Gasteiger charge is 2.50. The summed E-state index contributed by atoms with van der Waals surface area (Å²) in [5, 5.41) is 0. The summed E-state index contributed by atoms with van der Waals surface area (Å²) in [6.07, 6.45) is 6.54. The Bertz CT molecular complexity index is 525. The normalized spacial score (nSPS) is 33.7. The lowest BCUT2D eigenvalue weighted by Crippen LogP contribution is -2.59. The van der Waals surface area contributed by atoms with E-state index in [0.29, 0.717) is 6.42 Å². The van der Waals surface area contributed by atoms with E-state index in [9.17, 15) is 4.79 Å². The van der Waals surface area contributed by atoms with Crippen LogP contribution < -0.4 is 0 Å². The molecule has 3 nitrogen and oxygen atoms in total. The first-order chi connectivity index (χ1) is 9.64. The van der Waals surface area contributed by atoms with Crippen molar-refractivity contribution in [2.24, 2.45) is 0 Å². The summed E-state index contributed by atoms with van der Waals surface area (Å²) in [5.41, 5.74) is 0.490. The lowest BCUT2D eigenvalue weighted by molar-refractivity contribution is -0.197. The number of ether oxygens (including phenoxy) is 1. The van der Waals surface area contributed by atoms with Gasteiger partial charge in [-0.25, -0.2) is 0 Å². The van der Waals surface area contributed by atoms with Crippen molar-refractivity contribution in [3.8, 4) is 0 Å². The lowest BCUT2D eigenvalue weighted by Gasteiger charge is -2.48. The van der Waals surface area contributed by atoms with Crippen molar-refractivity contribution in [1.82, 2.24) is 4.90 Å². The van der Waals surface area contributed by atoms with Crippen LogP contribution in [-0.4, -0.2) is 29.5 Å². The third-order valence-electron chi connectivity index (χ3n) is 4.57. The number of allylic oxidation sites excluding steroid dienone is 1. The van der Waals surface area contributed by atoms with Crippen molar-refractivity contribution in [3.63, 3.8) is 0 Å². The second-order valence-electron chi connectivity index (χ2n) is 5.81. The molecule has 1 spiro atoms. The number of rotatable bonds is 1. The van der Waals surface area contributed by atoms with Gasteiger partial charge in [0.2, 0.25) is 0 Å². The van der Waals surface area contributed by atoms with Gasteiger partial charge in [0, 0.05) is 13.5 Å². The summed E-state index contributed by atoms with van der Waals surface area (Å²) in [6, 6.07) is 10.3. The minimum atomic E-state index is -0.656. The molecule has 0 N–H and O–H groups in total. The third kappa shape index (κ3) is 2.06. The Hall–Kier alpha value is -1.61. The summed E-state index contributed by atoms with van der Waals surface area (Å²) in [7, 11) is 1.89. The summed E-state index contributed by atoms with van der Waals surface area (Å²) in [4.78, 5) is 14.5.